The van der Waals surface area contributed by atoms with Gasteiger partial charge in [-0.2, -0.15) is 4.31 Å². The molecule has 166 valence electrons. The Morgan fingerprint density at radius 2 is 1.60 bits per heavy atom. The molecule has 30 heavy (non-hydrogen) atoms. The van der Waals surface area contributed by atoms with Gasteiger partial charge in [-0.3, -0.25) is 9.59 Å². The quantitative estimate of drug-likeness (QED) is 0.769. The lowest BCUT2D eigenvalue weighted by molar-refractivity contribution is -0.119. The number of carbonyl (C=O) groups excluding carboxylic acids is 2. The molecule has 2 aliphatic rings. The second kappa shape index (κ2) is 9.47. The van der Waals surface area contributed by atoms with Crippen molar-refractivity contribution >= 4 is 21.8 Å². The molecule has 0 bridgehead atoms. The van der Waals surface area contributed by atoms with Gasteiger partial charge in [0.2, 0.25) is 15.9 Å². The molecule has 0 radical (unpaired) electrons. The van der Waals surface area contributed by atoms with Crippen molar-refractivity contribution in [2.24, 2.45) is 17.8 Å². The average Bonchev–Trinajstić information content (AvgIpc) is 2.71. The van der Waals surface area contributed by atoms with E-state index in [-0.39, 0.29) is 16.7 Å². The van der Waals surface area contributed by atoms with Crippen molar-refractivity contribution < 1.29 is 18.0 Å². The largest absolute Gasteiger partial charge is 0.356 e. The zero-order valence-electron chi connectivity index (χ0n) is 18.1. The number of piperidine rings is 2. The average molecular weight is 436 g/mol. The van der Waals surface area contributed by atoms with Crippen LogP contribution in [0.4, 0.5) is 0 Å². The van der Waals surface area contributed by atoms with E-state index in [0.29, 0.717) is 56.0 Å². The molecule has 2 atom stereocenters. The van der Waals surface area contributed by atoms with Crippen LogP contribution in [0.25, 0.3) is 0 Å². The van der Waals surface area contributed by atoms with Crippen molar-refractivity contribution in [3.8, 4) is 0 Å². The van der Waals surface area contributed by atoms with Crippen LogP contribution in [0.1, 0.15) is 50.4 Å². The number of sulfonamides is 1. The molecule has 0 aliphatic carbocycles. The van der Waals surface area contributed by atoms with Crippen LogP contribution < -0.4 is 5.32 Å². The van der Waals surface area contributed by atoms with E-state index in [2.05, 4.69) is 19.2 Å². The zero-order valence-corrected chi connectivity index (χ0v) is 19.0. The number of benzene rings is 1. The van der Waals surface area contributed by atoms with Gasteiger partial charge in [-0.25, -0.2) is 8.42 Å². The van der Waals surface area contributed by atoms with Crippen LogP contribution in [0.15, 0.2) is 29.2 Å². The summed E-state index contributed by atoms with van der Waals surface area (Å²) in [5, 5.41) is 2.84. The van der Waals surface area contributed by atoms with Gasteiger partial charge in [-0.05, 0) is 61.3 Å². The first-order chi connectivity index (χ1) is 14.2. The van der Waals surface area contributed by atoms with Crippen molar-refractivity contribution in [1.82, 2.24) is 14.5 Å². The predicted octanol–water partition coefficient (Wildman–Crippen LogP) is 2.34. The molecule has 0 aromatic heterocycles. The van der Waals surface area contributed by atoms with Crippen LogP contribution in [0.5, 0.6) is 0 Å². The lowest BCUT2D eigenvalue weighted by atomic mass is 9.94. The summed E-state index contributed by atoms with van der Waals surface area (Å²) in [5.74, 6) is 0.977. The fraction of sp³-hybridized carbons (Fsp3) is 0.636. The van der Waals surface area contributed by atoms with E-state index in [1.54, 1.807) is 28.6 Å². The highest BCUT2D eigenvalue weighted by Crippen LogP contribution is 2.27. The maximum absolute atomic E-state index is 13.0. The summed E-state index contributed by atoms with van der Waals surface area (Å²) in [6, 6.07) is 6.34. The predicted molar refractivity (Wildman–Crippen MR) is 115 cm³/mol. The molecular weight excluding hydrogens is 402 g/mol. The Bertz CT molecular complexity index is 851. The number of hydrogen-bond acceptors (Lipinski definition) is 4. The first-order valence-electron chi connectivity index (χ1n) is 10.8. The van der Waals surface area contributed by atoms with E-state index in [9.17, 15) is 18.0 Å². The van der Waals surface area contributed by atoms with Gasteiger partial charge in [0.1, 0.15) is 0 Å². The minimum absolute atomic E-state index is 0.0305. The molecule has 1 aromatic rings. The highest BCUT2D eigenvalue weighted by molar-refractivity contribution is 7.89. The number of nitrogens with zero attached hydrogens (tertiary/aromatic N) is 2. The Labute approximate surface area is 179 Å². The second-order valence-corrected chi connectivity index (χ2v) is 10.9. The van der Waals surface area contributed by atoms with Crippen molar-refractivity contribution in [1.29, 1.82) is 0 Å². The molecule has 2 aliphatic heterocycles. The number of carbonyl (C=O) groups is 2. The van der Waals surface area contributed by atoms with Gasteiger partial charge in [-0.1, -0.05) is 13.8 Å². The Balaban J connectivity index is 1.61. The summed E-state index contributed by atoms with van der Waals surface area (Å²) in [7, 11) is -3.54. The molecule has 7 nitrogen and oxygen atoms in total. The monoisotopic (exact) mass is 435 g/mol. The summed E-state index contributed by atoms with van der Waals surface area (Å²) in [6.45, 7) is 8.70. The lowest BCUT2D eigenvalue weighted by Gasteiger charge is -2.34. The summed E-state index contributed by atoms with van der Waals surface area (Å²) >= 11 is 0. The first kappa shape index (κ1) is 22.7. The third-order valence-electron chi connectivity index (χ3n) is 6.12. The number of rotatable bonds is 5. The summed E-state index contributed by atoms with van der Waals surface area (Å²) < 4.78 is 27.6. The van der Waals surface area contributed by atoms with Crippen LogP contribution in [0.2, 0.25) is 0 Å². The molecule has 3 rings (SSSR count). The van der Waals surface area contributed by atoms with E-state index in [1.807, 2.05) is 4.90 Å². The van der Waals surface area contributed by atoms with E-state index in [1.165, 1.54) is 6.92 Å². The minimum Gasteiger partial charge on any atom is -0.356 e. The second-order valence-electron chi connectivity index (χ2n) is 8.97. The van der Waals surface area contributed by atoms with E-state index in [0.717, 1.165) is 19.3 Å². The van der Waals surface area contributed by atoms with Crippen molar-refractivity contribution in [3.63, 3.8) is 0 Å². The standard InChI is InChI=1S/C22H33N3O4S/c1-16-12-17(2)15-25(14-16)30(28,29)21-6-4-20(5-7-21)22(27)24-10-8-19(9-11-24)13-23-18(3)26/h4-7,16-17,19H,8-15H2,1-3H3,(H,23,26). The fourth-order valence-corrected chi connectivity index (χ4v) is 6.21. The van der Waals surface area contributed by atoms with Gasteiger partial charge >= 0.3 is 0 Å². The third-order valence-corrected chi connectivity index (χ3v) is 7.96. The molecule has 2 fully saturated rings. The van der Waals surface area contributed by atoms with Gasteiger partial charge in [0.15, 0.2) is 0 Å². The molecule has 2 unspecified atom stereocenters. The zero-order chi connectivity index (χ0) is 21.9. The molecule has 0 spiro atoms. The van der Waals surface area contributed by atoms with Crippen LogP contribution in [-0.4, -0.2) is 62.2 Å². The summed E-state index contributed by atoms with van der Waals surface area (Å²) in [5.41, 5.74) is 0.509. The topological polar surface area (TPSA) is 86.8 Å². The van der Waals surface area contributed by atoms with Crippen molar-refractivity contribution in [2.45, 2.75) is 44.9 Å². The Kier molecular flexibility index (Phi) is 7.18. The maximum Gasteiger partial charge on any atom is 0.253 e. The highest BCUT2D eigenvalue weighted by Gasteiger charge is 2.32. The Morgan fingerprint density at radius 1 is 1.03 bits per heavy atom. The molecule has 1 N–H and O–H groups in total. The van der Waals surface area contributed by atoms with Crippen molar-refractivity contribution in [2.75, 3.05) is 32.7 Å². The number of hydrogen-bond donors (Lipinski definition) is 1. The van der Waals surface area contributed by atoms with Gasteiger partial charge < -0.3 is 10.2 Å². The molecule has 1 aromatic carbocycles. The number of likely N-dealkylation sites (tertiary alicyclic amines) is 1. The van der Waals surface area contributed by atoms with E-state index >= 15 is 0 Å². The van der Waals surface area contributed by atoms with Crippen LogP contribution >= 0.6 is 0 Å². The molecule has 2 heterocycles. The molecule has 2 saturated heterocycles. The lowest BCUT2D eigenvalue weighted by Crippen LogP contribution is -2.42. The first-order valence-corrected chi connectivity index (χ1v) is 12.2. The van der Waals surface area contributed by atoms with E-state index in [4.69, 9.17) is 0 Å². The smallest absolute Gasteiger partial charge is 0.253 e. The van der Waals surface area contributed by atoms with Gasteiger partial charge in [0.25, 0.3) is 5.91 Å². The fourth-order valence-electron chi connectivity index (χ4n) is 4.53. The molecule has 0 saturated carbocycles. The SMILES string of the molecule is CC(=O)NCC1CCN(C(=O)c2ccc(S(=O)(=O)N3CC(C)CC(C)C3)cc2)CC1. The van der Waals surface area contributed by atoms with E-state index < -0.39 is 10.0 Å². The Hall–Kier alpha value is -1.93. The normalized spacial score (nSPS) is 23.9. The van der Waals surface area contributed by atoms with Gasteiger partial charge in [-0.15, -0.1) is 0 Å². The molecule has 2 amide bonds. The van der Waals surface area contributed by atoms with Crippen molar-refractivity contribution in [3.05, 3.63) is 29.8 Å². The third kappa shape index (κ3) is 5.40. The Morgan fingerprint density at radius 3 is 2.13 bits per heavy atom. The molecular formula is C22H33N3O4S. The van der Waals surface area contributed by atoms with Crippen LogP contribution in [0, 0.1) is 17.8 Å². The highest BCUT2D eigenvalue weighted by atomic mass is 32.2. The minimum atomic E-state index is -3.54. The van der Waals surface area contributed by atoms with Gasteiger partial charge in [0, 0.05) is 45.2 Å². The summed E-state index contributed by atoms with van der Waals surface area (Å²) in [6.07, 6.45) is 2.74. The molecule has 8 heteroatoms. The number of amides is 2. The van der Waals surface area contributed by atoms with Crippen LogP contribution in [0.3, 0.4) is 0 Å². The van der Waals surface area contributed by atoms with Crippen LogP contribution in [-0.2, 0) is 14.8 Å². The number of nitrogens with one attached hydrogen (secondary N) is 1. The summed E-state index contributed by atoms with van der Waals surface area (Å²) in [4.78, 5) is 25.9. The van der Waals surface area contributed by atoms with Gasteiger partial charge in [0.05, 0.1) is 4.90 Å². The maximum atomic E-state index is 13.0.